The number of carbonyl (C=O) groups is 2. The number of esters is 2. The number of ether oxygens (including phenoxy) is 2. The van der Waals surface area contributed by atoms with E-state index in [1.54, 1.807) is 12.1 Å². The van der Waals surface area contributed by atoms with Gasteiger partial charge in [0.15, 0.2) is 10.5 Å². The maximum atomic E-state index is 14.1. The second-order valence-corrected chi connectivity index (χ2v) is 9.17. The molecule has 0 fully saturated rings. The quantitative estimate of drug-likeness (QED) is 0.451. The molecule has 7 nitrogen and oxygen atoms in total. The van der Waals surface area contributed by atoms with Crippen LogP contribution in [0.5, 0.6) is 0 Å². The van der Waals surface area contributed by atoms with Crippen molar-refractivity contribution in [2.45, 2.75) is 19.1 Å². The third-order valence-corrected chi connectivity index (χ3v) is 6.65. The average Bonchev–Trinajstić information content (AvgIpc) is 3.17. The Hall–Kier alpha value is -3.70. The minimum atomic E-state index is -4.99. The first-order chi connectivity index (χ1) is 17.5. The van der Waals surface area contributed by atoms with Gasteiger partial charge in [0.1, 0.15) is 0 Å². The van der Waals surface area contributed by atoms with E-state index in [2.05, 4.69) is 9.73 Å². The summed E-state index contributed by atoms with van der Waals surface area (Å²) in [5.41, 5.74) is -1.85. The molecular formula is C25H18ClF3N2O5S. The third-order valence-electron chi connectivity index (χ3n) is 5.41. The van der Waals surface area contributed by atoms with Crippen molar-refractivity contribution in [3.63, 3.8) is 0 Å². The Morgan fingerprint density at radius 3 is 2.32 bits per heavy atom. The number of thiazole rings is 1. The van der Waals surface area contributed by atoms with Crippen molar-refractivity contribution in [2.75, 3.05) is 13.7 Å². The van der Waals surface area contributed by atoms with Crippen LogP contribution in [-0.2, 0) is 14.3 Å². The molecule has 0 unspecified atom stereocenters. The minimum Gasteiger partial charge on any atom is -0.465 e. The molecule has 3 aromatic rings. The number of nitrogens with zero attached hydrogens (tertiary/aromatic N) is 2. The van der Waals surface area contributed by atoms with Crippen molar-refractivity contribution in [3.8, 4) is 0 Å². The van der Waals surface area contributed by atoms with Gasteiger partial charge < -0.3 is 9.47 Å². The number of alkyl halides is 3. The van der Waals surface area contributed by atoms with Crippen molar-refractivity contribution in [2.24, 2.45) is 4.99 Å². The van der Waals surface area contributed by atoms with Crippen molar-refractivity contribution in [3.05, 3.63) is 101 Å². The summed E-state index contributed by atoms with van der Waals surface area (Å²) in [6.07, 6.45) is -3.53. The van der Waals surface area contributed by atoms with Gasteiger partial charge in [0.05, 0.1) is 35.4 Å². The van der Waals surface area contributed by atoms with E-state index in [0.29, 0.717) is 10.6 Å². The number of benzene rings is 2. The fourth-order valence-corrected chi connectivity index (χ4v) is 4.91. The molecule has 1 aliphatic heterocycles. The number of carbonyl (C=O) groups excluding carboxylic acids is 2. The molecule has 192 valence electrons. The van der Waals surface area contributed by atoms with E-state index in [9.17, 15) is 27.6 Å². The molecule has 2 aromatic carbocycles. The lowest BCUT2D eigenvalue weighted by molar-refractivity contribution is -0.140. The molecule has 0 amide bonds. The van der Waals surface area contributed by atoms with Gasteiger partial charge in [-0.25, -0.2) is 14.6 Å². The lowest BCUT2D eigenvalue weighted by Crippen LogP contribution is -2.41. The lowest BCUT2D eigenvalue weighted by Gasteiger charge is -2.26. The zero-order chi connectivity index (χ0) is 26.9. The topological polar surface area (TPSA) is 87.0 Å². The smallest absolute Gasteiger partial charge is 0.434 e. The monoisotopic (exact) mass is 550 g/mol. The second kappa shape index (κ2) is 10.3. The first-order valence-corrected chi connectivity index (χ1v) is 12.0. The molecule has 0 aliphatic carbocycles. The Bertz CT molecular complexity index is 1570. The van der Waals surface area contributed by atoms with E-state index in [1.165, 1.54) is 56.5 Å². The summed E-state index contributed by atoms with van der Waals surface area (Å²) < 4.78 is 53.1. The number of halogens is 4. The molecule has 0 radical (unpaired) electrons. The van der Waals surface area contributed by atoms with Crippen molar-refractivity contribution < 1.29 is 32.2 Å². The van der Waals surface area contributed by atoms with Gasteiger partial charge in [-0.15, -0.1) is 0 Å². The van der Waals surface area contributed by atoms with Crippen LogP contribution in [0.3, 0.4) is 0 Å². The van der Waals surface area contributed by atoms with Gasteiger partial charge in [0.25, 0.3) is 5.56 Å². The van der Waals surface area contributed by atoms with E-state index in [4.69, 9.17) is 16.3 Å². The summed E-state index contributed by atoms with van der Waals surface area (Å²) in [6.45, 7) is 1.29. The van der Waals surface area contributed by atoms with Crippen LogP contribution in [0.25, 0.3) is 6.08 Å². The average molecular weight is 551 g/mol. The van der Waals surface area contributed by atoms with Crippen LogP contribution >= 0.6 is 22.9 Å². The Labute approximate surface area is 216 Å². The SMILES string of the molecule is CCOC(=O)C1=C(C(F)(F)F)N=c2s/c(=C\c3ccc(C(=O)OC)cc3)c(=O)n2[C@@H]1c1ccc(Cl)cc1. The normalized spacial score (nSPS) is 15.7. The van der Waals surface area contributed by atoms with E-state index in [0.717, 1.165) is 15.9 Å². The Kier molecular flexibility index (Phi) is 7.37. The standard InChI is InChI=1S/C25H18ClF3N2O5S/c1-3-36-23(34)18-19(14-8-10-16(26)11-9-14)31-21(32)17(37-24(31)30-20(18)25(27,28)29)12-13-4-6-15(7-5-13)22(33)35-2/h4-12,19H,3H2,1-2H3/b17-12-/t19-/m1/s1. The fourth-order valence-electron chi connectivity index (χ4n) is 3.79. The van der Waals surface area contributed by atoms with Crippen LogP contribution < -0.4 is 14.9 Å². The van der Waals surface area contributed by atoms with Crippen LogP contribution in [0.2, 0.25) is 5.02 Å². The number of fused-ring (bicyclic) bond motifs is 1. The molecule has 1 atom stereocenters. The van der Waals surface area contributed by atoms with Gasteiger partial charge in [-0.1, -0.05) is 47.2 Å². The van der Waals surface area contributed by atoms with Crippen LogP contribution in [-0.4, -0.2) is 36.4 Å². The number of allylic oxidation sites excluding steroid dienone is 1. The van der Waals surface area contributed by atoms with Gasteiger partial charge >= 0.3 is 18.1 Å². The van der Waals surface area contributed by atoms with E-state index in [-0.39, 0.29) is 27.1 Å². The van der Waals surface area contributed by atoms with Gasteiger partial charge in [-0.05, 0) is 48.4 Å². The maximum Gasteiger partial charge on any atom is 0.434 e. The number of aromatic nitrogens is 1. The molecule has 0 spiro atoms. The molecular weight excluding hydrogens is 533 g/mol. The first-order valence-electron chi connectivity index (χ1n) is 10.8. The third kappa shape index (κ3) is 5.23. The molecule has 0 N–H and O–H groups in total. The summed E-state index contributed by atoms with van der Waals surface area (Å²) in [6, 6.07) is 10.4. The summed E-state index contributed by atoms with van der Waals surface area (Å²) in [5, 5.41) is 0.323. The molecule has 1 aromatic heterocycles. The molecule has 0 saturated heterocycles. The van der Waals surface area contributed by atoms with E-state index in [1.807, 2.05) is 0 Å². The van der Waals surface area contributed by atoms with Crippen LogP contribution in [0, 0.1) is 0 Å². The minimum absolute atomic E-state index is 0.0789. The highest BCUT2D eigenvalue weighted by Crippen LogP contribution is 2.38. The Morgan fingerprint density at radius 1 is 1.11 bits per heavy atom. The predicted molar refractivity (Wildman–Crippen MR) is 130 cm³/mol. The van der Waals surface area contributed by atoms with E-state index < -0.39 is 41.0 Å². The zero-order valence-corrected chi connectivity index (χ0v) is 20.9. The highest BCUT2D eigenvalue weighted by molar-refractivity contribution is 7.07. The van der Waals surface area contributed by atoms with Gasteiger partial charge in [-0.3, -0.25) is 9.36 Å². The molecule has 12 heteroatoms. The molecule has 0 bridgehead atoms. The summed E-state index contributed by atoms with van der Waals surface area (Å²) in [5.74, 6) is -1.77. The second-order valence-electron chi connectivity index (χ2n) is 7.73. The molecule has 1 aliphatic rings. The van der Waals surface area contributed by atoms with Gasteiger partial charge in [0, 0.05) is 5.02 Å². The van der Waals surface area contributed by atoms with Gasteiger partial charge in [0.2, 0.25) is 0 Å². The highest BCUT2D eigenvalue weighted by atomic mass is 35.5. The number of hydrogen-bond donors (Lipinski definition) is 0. The summed E-state index contributed by atoms with van der Waals surface area (Å²) in [4.78, 5) is 41.4. The molecule has 0 saturated carbocycles. The molecule has 4 rings (SSSR count). The fraction of sp³-hybridized carbons (Fsp3) is 0.200. The lowest BCUT2D eigenvalue weighted by atomic mass is 9.95. The number of methoxy groups -OCH3 is 1. The summed E-state index contributed by atoms with van der Waals surface area (Å²) in [7, 11) is 1.24. The number of rotatable bonds is 5. The van der Waals surface area contributed by atoms with Crippen molar-refractivity contribution >= 4 is 41.0 Å². The largest absolute Gasteiger partial charge is 0.465 e. The number of hydrogen-bond acceptors (Lipinski definition) is 7. The van der Waals surface area contributed by atoms with Gasteiger partial charge in [-0.2, -0.15) is 13.2 Å². The van der Waals surface area contributed by atoms with Crippen molar-refractivity contribution in [1.82, 2.24) is 4.57 Å². The molecule has 2 heterocycles. The highest BCUT2D eigenvalue weighted by Gasteiger charge is 2.45. The first kappa shape index (κ1) is 26.4. The van der Waals surface area contributed by atoms with Crippen LogP contribution in [0.1, 0.15) is 34.5 Å². The van der Waals surface area contributed by atoms with Crippen LogP contribution in [0.4, 0.5) is 13.2 Å². The predicted octanol–water partition coefficient (Wildman–Crippen LogP) is 3.78. The van der Waals surface area contributed by atoms with E-state index >= 15 is 0 Å². The van der Waals surface area contributed by atoms with Crippen molar-refractivity contribution in [1.29, 1.82) is 0 Å². The Balaban J connectivity index is 1.97. The maximum absolute atomic E-state index is 14.1. The summed E-state index contributed by atoms with van der Waals surface area (Å²) >= 11 is 6.71. The Morgan fingerprint density at radius 2 is 1.76 bits per heavy atom. The molecule has 37 heavy (non-hydrogen) atoms. The zero-order valence-electron chi connectivity index (χ0n) is 19.3. The van der Waals surface area contributed by atoms with Crippen LogP contribution in [0.15, 0.2) is 69.6 Å².